The summed E-state index contributed by atoms with van der Waals surface area (Å²) in [4.78, 5) is 20.8. The molecule has 0 radical (unpaired) electrons. The fraction of sp³-hybridized carbons (Fsp3) is 0.400. The first kappa shape index (κ1) is 15.6. The van der Waals surface area contributed by atoms with Crippen LogP contribution in [0.25, 0.3) is 10.9 Å². The highest BCUT2D eigenvalue weighted by molar-refractivity contribution is 5.98. The lowest BCUT2D eigenvalue weighted by molar-refractivity contribution is -0.0131. The molecule has 3 aromatic rings. The molecule has 2 fully saturated rings. The molecule has 1 atom stereocenters. The van der Waals surface area contributed by atoms with E-state index in [9.17, 15) is 4.79 Å². The van der Waals surface area contributed by atoms with E-state index in [1.165, 1.54) is 12.0 Å². The molecule has 2 aliphatic rings. The lowest BCUT2D eigenvalue weighted by Gasteiger charge is -2.50. The van der Waals surface area contributed by atoms with E-state index >= 15 is 0 Å². The standard InChI is InChI=1S/C20H23N5O/c1-23-12-15(11-21-23)13-25-9-7-20(25)6-8-24(14-20)19(26)18-10-16-4-2-3-5-17(16)22-18/h2-5,10-12,22H,6-9,13-14H2,1H3. The molecule has 26 heavy (non-hydrogen) atoms. The molecule has 1 unspecified atom stereocenters. The Kier molecular flexibility index (Phi) is 3.43. The van der Waals surface area contributed by atoms with Crippen molar-refractivity contribution in [2.75, 3.05) is 19.6 Å². The van der Waals surface area contributed by atoms with Gasteiger partial charge in [-0.15, -0.1) is 0 Å². The zero-order valence-corrected chi connectivity index (χ0v) is 15.0. The monoisotopic (exact) mass is 349 g/mol. The summed E-state index contributed by atoms with van der Waals surface area (Å²) >= 11 is 0. The van der Waals surface area contributed by atoms with Gasteiger partial charge in [-0.2, -0.15) is 5.10 Å². The smallest absolute Gasteiger partial charge is 0.270 e. The number of hydrogen-bond acceptors (Lipinski definition) is 3. The second-order valence-corrected chi connectivity index (χ2v) is 7.67. The minimum atomic E-state index is 0.117. The Morgan fingerprint density at radius 1 is 1.27 bits per heavy atom. The third kappa shape index (κ3) is 2.44. The van der Waals surface area contributed by atoms with Gasteiger partial charge in [-0.25, -0.2) is 0 Å². The lowest BCUT2D eigenvalue weighted by atomic mass is 9.83. The summed E-state index contributed by atoms with van der Waals surface area (Å²) in [6, 6.07) is 10.0. The van der Waals surface area contributed by atoms with Crippen LogP contribution in [-0.2, 0) is 13.6 Å². The largest absolute Gasteiger partial charge is 0.351 e. The van der Waals surface area contributed by atoms with E-state index < -0.39 is 0 Å². The van der Waals surface area contributed by atoms with Crippen LogP contribution in [0, 0.1) is 0 Å². The number of nitrogens with zero attached hydrogens (tertiary/aromatic N) is 4. The summed E-state index contributed by atoms with van der Waals surface area (Å²) in [5.74, 6) is 0.117. The summed E-state index contributed by atoms with van der Waals surface area (Å²) in [6.07, 6.45) is 6.24. The number of aromatic amines is 1. The predicted molar refractivity (Wildman–Crippen MR) is 99.8 cm³/mol. The number of hydrogen-bond donors (Lipinski definition) is 1. The van der Waals surface area contributed by atoms with Crippen molar-refractivity contribution in [3.05, 3.63) is 54.0 Å². The van der Waals surface area contributed by atoms with Crippen LogP contribution in [0.4, 0.5) is 0 Å². The van der Waals surface area contributed by atoms with Crippen LogP contribution in [0.5, 0.6) is 0 Å². The van der Waals surface area contributed by atoms with Crippen LogP contribution in [-0.4, -0.2) is 55.6 Å². The molecule has 0 saturated carbocycles. The van der Waals surface area contributed by atoms with Gasteiger partial charge in [0.2, 0.25) is 0 Å². The molecule has 1 N–H and O–H groups in total. The van der Waals surface area contributed by atoms with Crippen molar-refractivity contribution in [2.24, 2.45) is 7.05 Å². The van der Waals surface area contributed by atoms with Gasteiger partial charge >= 0.3 is 0 Å². The van der Waals surface area contributed by atoms with E-state index in [0.29, 0.717) is 5.69 Å². The number of aromatic nitrogens is 3. The molecule has 134 valence electrons. The van der Waals surface area contributed by atoms with Gasteiger partial charge < -0.3 is 9.88 Å². The number of rotatable bonds is 3. The Morgan fingerprint density at radius 2 is 2.12 bits per heavy atom. The van der Waals surface area contributed by atoms with Crippen LogP contribution in [0.3, 0.4) is 0 Å². The Bertz CT molecular complexity index is 940. The van der Waals surface area contributed by atoms with Gasteiger partial charge in [-0.3, -0.25) is 14.4 Å². The van der Waals surface area contributed by atoms with Crippen molar-refractivity contribution < 1.29 is 4.79 Å². The number of nitrogens with one attached hydrogen (secondary N) is 1. The molecule has 6 heteroatoms. The zero-order valence-electron chi connectivity index (χ0n) is 15.0. The van der Waals surface area contributed by atoms with Gasteiger partial charge in [0.25, 0.3) is 5.91 Å². The Balaban J connectivity index is 1.31. The van der Waals surface area contributed by atoms with Crippen LogP contribution >= 0.6 is 0 Å². The number of likely N-dealkylation sites (tertiary alicyclic amines) is 2. The van der Waals surface area contributed by atoms with E-state index in [2.05, 4.69) is 21.2 Å². The lowest BCUT2D eigenvalue weighted by Crippen LogP contribution is -2.60. The summed E-state index contributed by atoms with van der Waals surface area (Å²) < 4.78 is 1.85. The maximum absolute atomic E-state index is 13.0. The summed E-state index contributed by atoms with van der Waals surface area (Å²) in [5, 5.41) is 5.36. The van der Waals surface area contributed by atoms with Crippen LogP contribution in [0.2, 0.25) is 0 Å². The first-order chi connectivity index (χ1) is 12.6. The van der Waals surface area contributed by atoms with E-state index in [-0.39, 0.29) is 11.4 Å². The van der Waals surface area contributed by atoms with E-state index in [1.807, 2.05) is 53.2 Å². The number of para-hydroxylation sites is 1. The SMILES string of the molecule is Cn1cc(CN2CCC23CCN(C(=O)c2cc4ccccc4[nH]2)C3)cn1. The molecular formula is C20H23N5O. The van der Waals surface area contributed by atoms with Gasteiger partial charge in [0.15, 0.2) is 0 Å². The van der Waals surface area contributed by atoms with Gasteiger partial charge in [0.1, 0.15) is 5.69 Å². The number of benzene rings is 1. The molecule has 6 nitrogen and oxygen atoms in total. The number of amides is 1. The molecular weight excluding hydrogens is 326 g/mol. The quantitative estimate of drug-likeness (QED) is 0.790. The van der Waals surface area contributed by atoms with Crippen molar-refractivity contribution in [3.63, 3.8) is 0 Å². The fourth-order valence-electron chi connectivity index (χ4n) is 4.46. The number of aryl methyl sites for hydroxylation is 1. The van der Waals surface area contributed by atoms with Gasteiger partial charge in [-0.05, 0) is 25.0 Å². The molecule has 2 saturated heterocycles. The zero-order chi connectivity index (χ0) is 17.7. The highest BCUT2D eigenvalue weighted by atomic mass is 16.2. The molecule has 0 aliphatic carbocycles. The molecule has 0 bridgehead atoms. The van der Waals surface area contributed by atoms with Crippen LogP contribution in [0.15, 0.2) is 42.7 Å². The van der Waals surface area contributed by atoms with Crippen molar-refractivity contribution in [1.82, 2.24) is 24.6 Å². The normalized spacial score (nSPS) is 23.0. The van der Waals surface area contributed by atoms with Crippen molar-refractivity contribution in [1.29, 1.82) is 0 Å². The average molecular weight is 349 g/mol. The van der Waals surface area contributed by atoms with Gasteiger partial charge in [0.05, 0.1) is 6.20 Å². The Labute approximate surface area is 152 Å². The number of carbonyl (C=O) groups is 1. The summed E-state index contributed by atoms with van der Waals surface area (Å²) in [5.41, 5.74) is 3.11. The number of carbonyl (C=O) groups excluding carboxylic acids is 1. The number of fused-ring (bicyclic) bond motifs is 1. The molecule has 1 aromatic carbocycles. The number of H-pyrrole nitrogens is 1. The molecule has 1 spiro atoms. The molecule has 2 aliphatic heterocycles. The van der Waals surface area contributed by atoms with E-state index in [0.717, 1.165) is 43.5 Å². The fourth-order valence-corrected chi connectivity index (χ4v) is 4.46. The summed E-state index contributed by atoms with van der Waals surface area (Å²) in [7, 11) is 1.95. The van der Waals surface area contributed by atoms with Crippen LogP contribution < -0.4 is 0 Å². The topological polar surface area (TPSA) is 57.2 Å². The first-order valence-corrected chi connectivity index (χ1v) is 9.23. The minimum absolute atomic E-state index is 0.117. The maximum Gasteiger partial charge on any atom is 0.270 e. The second kappa shape index (κ2) is 5.71. The van der Waals surface area contributed by atoms with Crippen molar-refractivity contribution in [3.8, 4) is 0 Å². The third-order valence-electron chi connectivity index (χ3n) is 6.03. The van der Waals surface area contributed by atoms with Crippen molar-refractivity contribution in [2.45, 2.75) is 24.9 Å². The molecule has 5 rings (SSSR count). The van der Waals surface area contributed by atoms with Crippen LogP contribution in [0.1, 0.15) is 28.9 Å². The Morgan fingerprint density at radius 3 is 2.85 bits per heavy atom. The summed E-state index contributed by atoms with van der Waals surface area (Å²) in [6.45, 7) is 3.67. The highest BCUT2D eigenvalue weighted by Crippen LogP contribution is 2.40. The van der Waals surface area contributed by atoms with Crippen molar-refractivity contribution >= 4 is 16.8 Å². The van der Waals surface area contributed by atoms with Gasteiger partial charge in [0, 0.05) is 61.4 Å². The molecule has 2 aromatic heterocycles. The first-order valence-electron chi connectivity index (χ1n) is 9.23. The molecule has 1 amide bonds. The van der Waals surface area contributed by atoms with Gasteiger partial charge in [-0.1, -0.05) is 18.2 Å². The highest BCUT2D eigenvalue weighted by Gasteiger charge is 2.50. The predicted octanol–water partition coefficient (Wildman–Crippen LogP) is 2.39. The van der Waals surface area contributed by atoms with E-state index in [1.54, 1.807) is 0 Å². The van der Waals surface area contributed by atoms with E-state index in [4.69, 9.17) is 0 Å². The second-order valence-electron chi connectivity index (χ2n) is 7.67. The average Bonchev–Trinajstić information content (AvgIpc) is 3.36. The maximum atomic E-state index is 13.0. The molecule has 4 heterocycles. The Hall–Kier alpha value is -2.60. The minimum Gasteiger partial charge on any atom is -0.351 e. The third-order valence-corrected chi connectivity index (χ3v) is 6.03.